The van der Waals surface area contributed by atoms with E-state index in [0.717, 1.165) is 30.3 Å². The van der Waals surface area contributed by atoms with Gasteiger partial charge in [0.15, 0.2) is 0 Å². The van der Waals surface area contributed by atoms with E-state index in [2.05, 4.69) is 10.1 Å². The first-order valence-corrected chi connectivity index (χ1v) is 10.4. The summed E-state index contributed by atoms with van der Waals surface area (Å²) in [4.78, 5) is 41.4. The average molecular weight is 598 g/mol. The Labute approximate surface area is 222 Å². The van der Waals surface area contributed by atoms with Crippen LogP contribution in [-0.4, -0.2) is 33.2 Å². The topological polar surface area (TPSA) is 162 Å². The number of benzene rings is 3. The number of aromatic carboxylic acids is 1. The van der Waals surface area contributed by atoms with Crippen LogP contribution in [0, 0.1) is 31.9 Å². The first-order valence-electron chi connectivity index (χ1n) is 9.67. The van der Waals surface area contributed by atoms with E-state index in [9.17, 15) is 51.8 Å². The zero-order chi connectivity index (χ0) is 29.7. The number of nitrogens with one attached hydrogen (secondary N) is 1. The molecule has 39 heavy (non-hydrogen) atoms. The predicted molar refractivity (Wildman–Crippen MR) is 124 cm³/mol. The highest BCUT2D eigenvalue weighted by Gasteiger charge is 2.31. The monoisotopic (exact) mass is 597 g/mol. The Hall–Kier alpha value is -4.57. The van der Waals surface area contributed by atoms with Crippen molar-refractivity contribution in [2.75, 3.05) is 5.32 Å². The molecule has 0 aliphatic heterocycles. The minimum atomic E-state index is -4.86. The van der Waals surface area contributed by atoms with Crippen LogP contribution >= 0.6 is 23.2 Å². The summed E-state index contributed by atoms with van der Waals surface area (Å²) in [7, 11) is 0. The average Bonchev–Trinajstić information content (AvgIpc) is 2.80. The summed E-state index contributed by atoms with van der Waals surface area (Å²) < 4.78 is 66.2. The third kappa shape index (κ3) is 8.47. The number of hydrogen-bond acceptors (Lipinski definition) is 7. The van der Waals surface area contributed by atoms with Gasteiger partial charge in [0.2, 0.25) is 11.6 Å². The molecule has 3 aromatic rings. The van der Waals surface area contributed by atoms with Crippen molar-refractivity contribution in [3.05, 3.63) is 102 Å². The molecule has 0 unspecified atom stereocenters. The van der Waals surface area contributed by atoms with E-state index in [4.69, 9.17) is 28.3 Å². The van der Waals surface area contributed by atoms with Crippen LogP contribution in [-0.2, 0) is 0 Å². The second-order valence-electron chi connectivity index (χ2n) is 6.92. The summed E-state index contributed by atoms with van der Waals surface area (Å²) >= 11 is 11.0. The molecule has 18 heteroatoms. The molecule has 0 aromatic heterocycles. The number of halogens is 7. The summed E-state index contributed by atoms with van der Waals surface area (Å²) in [5.41, 5.74) is -2.62. The van der Waals surface area contributed by atoms with Gasteiger partial charge in [-0.1, -0.05) is 23.2 Å². The molecule has 1 amide bonds. The summed E-state index contributed by atoms with van der Waals surface area (Å²) in [6.07, 6.45) is -4.86. The van der Waals surface area contributed by atoms with Gasteiger partial charge in [0.05, 0.1) is 31.0 Å². The van der Waals surface area contributed by atoms with Crippen molar-refractivity contribution >= 4 is 52.1 Å². The zero-order valence-corrected chi connectivity index (χ0v) is 20.0. The maximum Gasteiger partial charge on any atom is 0.573 e. The van der Waals surface area contributed by atoms with Crippen LogP contribution in [0.5, 0.6) is 5.75 Å². The molecular weight excluding hydrogens is 588 g/mol. The highest BCUT2D eigenvalue weighted by Crippen LogP contribution is 2.28. The maximum atomic E-state index is 13.4. The molecule has 11 nitrogen and oxygen atoms in total. The van der Waals surface area contributed by atoms with Crippen molar-refractivity contribution in [2.24, 2.45) is 0 Å². The van der Waals surface area contributed by atoms with Crippen molar-refractivity contribution < 1.29 is 51.2 Å². The van der Waals surface area contributed by atoms with Crippen molar-refractivity contribution in [1.82, 2.24) is 0 Å². The molecule has 0 bridgehead atoms. The highest BCUT2D eigenvalue weighted by molar-refractivity contribution is 6.34. The minimum absolute atomic E-state index is 0.0718. The molecular formula is C21H10Cl2F5N3O8. The fourth-order valence-corrected chi connectivity index (χ4v) is 3.07. The number of carbonyl (C=O) groups excluding carboxylic acids is 1. The van der Waals surface area contributed by atoms with Crippen LogP contribution in [0.3, 0.4) is 0 Å². The first kappa shape index (κ1) is 30.7. The molecule has 0 radical (unpaired) electrons. The zero-order valence-electron chi connectivity index (χ0n) is 18.5. The fraction of sp³-hybridized carbons (Fsp3) is 0.0476. The van der Waals surface area contributed by atoms with Crippen molar-refractivity contribution in [3.8, 4) is 5.75 Å². The first-order chi connectivity index (χ1) is 18.0. The Morgan fingerprint density at radius 2 is 1.46 bits per heavy atom. The molecule has 2 N–H and O–H groups in total. The minimum Gasteiger partial charge on any atom is -0.478 e. The number of nitro groups is 2. The number of ether oxygens (including phenoxy) is 1. The Morgan fingerprint density at radius 1 is 0.897 bits per heavy atom. The summed E-state index contributed by atoms with van der Waals surface area (Å²) in [5.74, 6) is -5.25. The van der Waals surface area contributed by atoms with Crippen molar-refractivity contribution in [3.63, 3.8) is 0 Å². The molecule has 0 atom stereocenters. The van der Waals surface area contributed by atoms with Gasteiger partial charge in [-0.3, -0.25) is 25.0 Å². The van der Waals surface area contributed by atoms with E-state index < -0.39 is 67.4 Å². The summed E-state index contributed by atoms with van der Waals surface area (Å²) in [5, 5.41) is 30.8. The number of carboxylic acids is 1. The number of amides is 1. The number of hydrogen-bond donors (Lipinski definition) is 2. The van der Waals surface area contributed by atoms with Gasteiger partial charge < -0.3 is 15.2 Å². The lowest BCUT2D eigenvalue weighted by molar-refractivity contribution is -0.387. The number of anilines is 1. The molecule has 0 heterocycles. The second-order valence-corrected chi connectivity index (χ2v) is 7.73. The number of carboxylic acid groups (broad SMARTS) is 1. The lowest BCUT2D eigenvalue weighted by atomic mass is 10.1. The van der Waals surface area contributed by atoms with Crippen molar-refractivity contribution in [1.29, 1.82) is 0 Å². The van der Waals surface area contributed by atoms with Gasteiger partial charge in [0.1, 0.15) is 5.75 Å². The van der Waals surface area contributed by atoms with Gasteiger partial charge in [-0.05, 0) is 30.3 Å². The summed E-state index contributed by atoms with van der Waals surface area (Å²) in [6, 6.07) is 6.85. The standard InChI is InChI=1S/C14H7ClF4N2O4.C7H3ClFNO4/c15-10-6-11(16)12(21(23)24)5-9(10)13(22)20-7-1-3-8(4-2-7)25-14(17,18)19;8-4-1-3(7(11)12)2-5(6(4)9)10(13)14/h1-6H,(H,20,22);1-2H,(H,11,12). The SMILES string of the molecule is O=C(Nc1ccc(OC(F)(F)F)cc1)c1cc([N+](=O)[O-])c(F)cc1Cl.O=C(O)c1cc(Cl)c(F)c([N+](=O)[O-])c1. The van der Waals surface area contributed by atoms with E-state index in [1.54, 1.807) is 0 Å². The second kappa shape index (κ2) is 12.3. The largest absolute Gasteiger partial charge is 0.573 e. The van der Waals surface area contributed by atoms with E-state index in [0.29, 0.717) is 18.2 Å². The predicted octanol–water partition coefficient (Wildman–Crippen LogP) is 6.62. The van der Waals surface area contributed by atoms with Crippen LogP contribution in [0.15, 0.2) is 48.5 Å². The van der Waals surface area contributed by atoms with E-state index in [1.807, 2.05) is 0 Å². The molecule has 0 aliphatic carbocycles. The molecule has 0 aliphatic rings. The molecule has 3 aromatic carbocycles. The number of rotatable bonds is 6. The van der Waals surface area contributed by atoms with Gasteiger partial charge >= 0.3 is 23.7 Å². The lowest BCUT2D eigenvalue weighted by Gasteiger charge is -2.10. The maximum absolute atomic E-state index is 13.4. The molecule has 3 rings (SSSR count). The van der Waals surface area contributed by atoms with E-state index >= 15 is 0 Å². The molecule has 0 spiro atoms. The van der Waals surface area contributed by atoms with Gasteiger partial charge in [-0.2, -0.15) is 8.78 Å². The third-order valence-corrected chi connectivity index (χ3v) is 4.86. The van der Waals surface area contributed by atoms with Gasteiger partial charge in [-0.25, -0.2) is 4.79 Å². The highest BCUT2D eigenvalue weighted by atomic mass is 35.5. The summed E-state index contributed by atoms with van der Waals surface area (Å²) in [6.45, 7) is 0. The fourth-order valence-electron chi connectivity index (χ4n) is 2.62. The van der Waals surface area contributed by atoms with Gasteiger partial charge in [-0.15, -0.1) is 13.2 Å². The van der Waals surface area contributed by atoms with Crippen LogP contribution in [0.2, 0.25) is 10.0 Å². The number of nitrogens with zero attached hydrogens (tertiary/aromatic N) is 2. The van der Waals surface area contributed by atoms with Crippen LogP contribution < -0.4 is 10.1 Å². The molecule has 0 saturated carbocycles. The smallest absolute Gasteiger partial charge is 0.478 e. The Kier molecular flexibility index (Phi) is 9.68. The number of nitro benzene ring substituents is 2. The molecule has 0 saturated heterocycles. The van der Waals surface area contributed by atoms with Crippen LogP contribution in [0.1, 0.15) is 20.7 Å². The molecule has 206 valence electrons. The Balaban J connectivity index is 0.000000322. The normalized spacial score (nSPS) is 10.6. The lowest BCUT2D eigenvalue weighted by Crippen LogP contribution is -2.17. The Bertz CT molecular complexity index is 1450. The quantitative estimate of drug-likeness (QED) is 0.182. The van der Waals surface area contributed by atoms with Crippen LogP contribution in [0.4, 0.5) is 39.0 Å². The van der Waals surface area contributed by atoms with Crippen LogP contribution in [0.25, 0.3) is 0 Å². The Morgan fingerprint density at radius 3 is 1.95 bits per heavy atom. The number of carbonyl (C=O) groups is 2. The van der Waals surface area contributed by atoms with E-state index in [1.165, 1.54) is 0 Å². The number of alkyl halides is 3. The van der Waals surface area contributed by atoms with Gasteiger partial charge in [0, 0.05) is 23.9 Å². The third-order valence-electron chi connectivity index (χ3n) is 4.28. The molecule has 0 fully saturated rings. The van der Waals surface area contributed by atoms with Crippen molar-refractivity contribution in [2.45, 2.75) is 6.36 Å². The van der Waals surface area contributed by atoms with Gasteiger partial charge in [0.25, 0.3) is 5.91 Å². The van der Waals surface area contributed by atoms with E-state index in [-0.39, 0.29) is 16.3 Å².